The fourth-order valence-electron chi connectivity index (χ4n) is 4.56. The Kier molecular flexibility index (Phi) is 9.98. The van der Waals surface area contributed by atoms with Gasteiger partial charge in [-0.3, -0.25) is 4.79 Å². The molecule has 1 amide bonds. The molecule has 0 spiro atoms. The quantitative estimate of drug-likeness (QED) is 0.298. The highest BCUT2D eigenvalue weighted by Crippen LogP contribution is 2.19. The van der Waals surface area contributed by atoms with Crippen molar-refractivity contribution in [3.63, 3.8) is 0 Å². The van der Waals surface area contributed by atoms with Gasteiger partial charge in [0.05, 0.1) is 6.54 Å². The number of rotatable bonds is 7. The maximum Gasteiger partial charge on any atom is 0.222 e. The van der Waals surface area contributed by atoms with Crippen molar-refractivity contribution in [1.29, 1.82) is 0 Å². The number of carbonyl (C=O) groups excluding carboxylic acids is 1. The summed E-state index contributed by atoms with van der Waals surface area (Å²) in [5.41, 5.74) is 3.40. The van der Waals surface area contributed by atoms with Gasteiger partial charge in [-0.15, -0.1) is 24.0 Å². The van der Waals surface area contributed by atoms with Crippen LogP contribution in [-0.4, -0.2) is 54.0 Å². The highest BCUT2D eigenvalue weighted by Gasteiger charge is 2.21. The predicted molar refractivity (Wildman–Crippen MR) is 149 cm³/mol. The highest BCUT2D eigenvalue weighted by molar-refractivity contribution is 14.0. The van der Waals surface area contributed by atoms with Crippen molar-refractivity contribution in [2.24, 2.45) is 4.99 Å². The van der Waals surface area contributed by atoms with Crippen LogP contribution in [0.4, 0.5) is 5.82 Å². The molecular formula is C26H37IN6O. The second-order valence-corrected chi connectivity index (χ2v) is 8.98. The number of piperidine rings is 1. The first-order valence-electron chi connectivity index (χ1n) is 12.2. The summed E-state index contributed by atoms with van der Waals surface area (Å²) in [4.78, 5) is 25.8. The number of hydrogen-bond donors (Lipinski definition) is 2. The minimum atomic E-state index is 0. The Hall–Kier alpha value is -2.36. The van der Waals surface area contributed by atoms with E-state index in [0.29, 0.717) is 25.6 Å². The van der Waals surface area contributed by atoms with E-state index < -0.39 is 0 Å². The molecule has 4 rings (SSSR count). The van der Waals surface area contributed by atoms with Crippen molar-refractivity contribution in [3.8, 4) is 0 Å². The summed E-state index contributed by atoms with van der Waals surface area (Å²) in [5.74, 6) is 2.20. The molecule has 3 heterocycles. The lowest BCUT2D eigenvalue weighted by molar-refractivity contribution is -0.128. The summed E-state index contributed by atoms with van der Waals surface area (Å²) >= 11 is 0. The Morgan fingerprint density at radius 2 is 1.88 bits per heavy atom. The average molecular weight is 577 g/mol. The van der Waals surface area contributed by atoms with Gasteiger partial charge >= 0.3 is 0 Å². The van der Waals surface area contributed by atoms with Gasteiger partial charge in [0.25, 0.3) is 0 Å². The number of nitrogens with zero attached hydrogens (tertiary/aromatic N) is 4. The third kappa shape index (κ3) is 7.32. The lowest BCUT2D eigenvalue weighted by Crippen LogP contribution is -2.48. The molecule has 34 heavy (non-hydrogen) atoms. The zero-order chi connectivity index (χ0) is 23.0. The van der Waals surface area contributed by atoms with Crippen LogP contribution in [0.1, 0.15) is 49.4 Å². The lowest BCUT2D eigenvalue weighted by atomic mass is 10.1. The normalized spacial score (nSPS) is 17.0. The van der Waals surface area contributed by atoms with Crippen LogP contribution in [0.2, 0.25) is 0 Å². The van der Waals surface area contributed by atoms with Crippen molar-refractivity contribution >= 4 is 41.7 Å². The number of pyridine rings is 1. The number of amides is 1. The minimum absolute atomic E-state index is 0. The van der Waals surface area contributed by atoms with Gasteiger partial charge in [0.2, 0.25) is 5.91 Å². The number of hydrogen-bond acceptors (Lipinski definition) is 4. The Bertz CT molecular complexity index is 973. The van der Waals surface area contributed by atoms with Gasteiger partial charge in [0.15, 0.2) is 5.96 Å². The van der Waals surface area contributed by atoms with E-state index in [1.54, 1.807) is 0 Å². The van der Waals surface area contributed by atoms with E-state index in [1.165, 1.54) is 5.56 Å². The molecule has 0 radical (unpaired) electrons. The number of aromatic nitrogens is 1. The van der Waals surface area contributed by atoms with Crippen LogP contribution in [0.15, 0.2) is 47.5 Å². The van der Waals surface area contributed by atoms with Crippen molar-refractivity contribution in [1.82, 2.24) is 20.5 Å². The summed E-state index contributed by atoms with van der Waals surface area (Å²) in [6, 6.07) is 15.1. The molecule has 0 bridgehead atoms. The van der Waals surface area contributed by atoms with E-state index in [4.69, 9.17) is 4.99 Å². The van der Waals surface area contributed by atoms with Gasteiger partial charge in [-0.1, -0.05) is 30.3 Å². The standard InChI is InChI=1S/C26H36N6O.HI/c1-3-27-26(30-23-12-15-31(16-13-23)24-10-4-7-20(2)29-24)28-18-21-8-5-9-22(17-21)19-32-14-6-11-25(32)33;/h4-5,7-10,17,23H,3,6,11-16,18-19H2,1-2H3,(H2,27,28,30);1H. The number of carbonyl (C=O) groups is 1. The van der Waals surface area contributed by atoms with Crippen LogP contribution >= 0.6 is 24.0 Å². The van der Waals surface area contributed by atoms with Crippen molar-refractivity contribution in [3.05, 3.63) is 59.3 Å². The van der Waals surface area contributed by atoms with Gasteiger partial charge in [0, 0.05) is 50.9 Å². The second kappa shape index (κ2) is 12.9. The second-order valence-electron chi connectivity index (χ2n) is 8.98. The zero-order valence-electron chi connectivity index (χ0n) is 20.3. The smallest absolute Gasteiger partial charge is 0.222 e. The molecule has 1 aromatic carbocycles. The van der Waals surface area contributed by atoms with Crippen molar-refractivity contribution in [2.45, 2.75) is 58.7 Å². The molecule has 2 aliphatic rings. The zero-order valence-corrected chi connectivity index (χ0v) is 22.6. The van der Waals surface area contributed by atoms with Gasteiger partial charge in [-0.05, 0) is 56.4 Å². The van der Waals surface area contributed by atoms with Crippen LogP contribution in [0.3, 0.4) is 0 Å². The first kappa shape index (κ1) is 26.2. The third-order valence-electron chi connectivity index (χ3n) is 6.33. The molecule has 8 heteroatoms. The third-order valence-corrected chi connectivity index (χ3v) is 6.33. The number of likely N-dealkylation sites (tertiary alicyclic amines) is 1. The first-order chi connectivity index (χ1) is 16.1. The van der Waals surface area contributed by atoms with E-state index in [9.17, 15) is 4.79 Å². The number of anilines is 1. The van der Waals surface area contributed by atoms with Crippen LogP contribution in [-0.2, 0) is 17.9 Å². The number of nitrogens with one attached hydrogen (secondary N) is 2. The summed E-state index contributed by atoms with van der Waals surface area (Å²) in [5, 5.41) is 7.02. The molecule has 184 valence electrons. The Morgan fingerprint density at radius 1 is 1.12 bits per heavy atom. The largest absolute Gasteiger partial charge is 0.357 e. The topological polar surface area (TPSA) is 72.9 Å². The Balaban J connectivity index is 0.00000324. The molecular weight excluding hydrogens is 539 g/mol. The molecule has 2 aromatic rings. The van der Waals surface area contributed by atoms with Gasteiger partial charge in [-0.2, -0.15) is 0 Å². The maximum atomic E-state index is 11.9. The molecule has 2 aliphatic heterocycles. The minimum Gasteiger partial charge on any atom is -0.357 e. The fraction of sp³-hybridized carbons (Fsp3) is 0.500. The SMILES string of the molecule is CCNC(=NCc1cccc(CN2CCCC2=O)c1)NC1CCN(c2cccc(C)n2)CC1.I. The summed E-state index contributed by atoms with van der Waals surface area (Å²) in [6.45, 7) is 9.13. The van der Waals surface area contributed by atoms with E-state index in [2.05, 4.69) is 63.8 Å². The van der Waals surface area contributed by atoms with E-state index >= 15 is 0 Å². The van der Waals surface area contributed by atoms with Crippen molar-refractivity contribution in [2.75, 3.05) is 31.1 Å². The number of aliphatic imine (C=N–C) groups is 1. The summed E-state index contributed by atoms with van der Waals surface area (Å²) < 4.78 is 0. The monoisotopic (exact) mass is 576 g/mol. The van der Waals surface area contributed by atoms with Crippen LogP contribution in [0.5, 0.6) is 0 Å². The van der Waals surface area contributed by atoms with E-state index in [0.717, 1.165) is 68.5 Å². The molecule has 1 aromatic heterocycles. The Labute approximate surface area is 220 Å². The molecule has 2 N–H and O–H groups in total. The predicted octanol–water partition coefficient (Wildman–Crippen LogP) is 3.85. The molecule has 7 nitrogen and oxygen atoms in total. The summed E-state index contributed by atoms with van der Waals surface area (Å²) in [6.07, 6.45) is 3.77. The van der Waals surface area contributed by atoms with Gasteiger partial charge in [0.1, 0.15) is 5.82 Å². The molecule has 2 saturated heterocycles. The maximum absolute atomic E-state index is 11.9. The lowest BCUT2D eigenvalue weighted by Gasteiger charge is -2.34. The number of aryl methyl sites for hydroxylation is 1. The molecule has 0 atom stereocenters. The average Bonchev–Trinajstić information content (AvgIpc) is 3.22. The van der Waals surface area contributed by atoms with E-state index in [1.807, 2.05) is 17.9 Å². The number of halogens is 1. The van der Waals surface area contributed by atoms with Gasteiger partial charge in [-0.25, -0.2) is 9.98 Å². The van der Waals surface area contributed by atoms with Crippen molar-refractivity contribution < 1.29 is 4.79 Å². The first-order valence-corrected chi connectivity index (χ1v) is 12.2. The molecule has 2 fully saturated rings. The van der Waals surface area contributed by atoms with Crippen LogP contribution < -0.4 is 15.5 Å². The molecule has 0 aliphatic carbocycles. The van der Waals surface area contributed by atoms with E-state index in [-0.39, 0.29) is 29.9 Å². The highest BCUT2D eigenvalue weighted by atomic mass is 127. The Morgan fingerprint density at radius 3 is 2.59 bits per heavy atom. The molecule has 0 saturated carbocycles. The number of benzene rings is 1. The fourth-order valence-corrected chi connectivity index (χ4v) is 4.56. The number of guanidine groups is 1. The molecule has 0 unspecified atom stereocenters. The summed E-state index contributed by atoms with van der Waals surface area (Å²) in [7, 11) is 0. The van der Waals surface area contributed by atoms with Crippen LogP contribution in [0, 0.1) is 6.92 Å². The van der Waals surface area contributed by atoms with Crippen LogP contribution in [0.25, 0.3) is 0 Å². The van der Waals surface area contributed by atoms with Gasteiger partial charge < -0.3 is 20.4 Å².